The molecule has 1 N–H and O–H groups in total. The molecule has 0 saturated heterocycles. The van der Waals surface area contributed by atoms with Gasteiger partial charge >= 0.3 is 0 Å². The smallest absolute Gasteiger partial charge is 0.177 e. The molecule has 0 aliphatic heterocycles. The lowest BCUT2D eigenvalue weighted by Gasteiger charge is -1.96. The third-order valence-corrected chi connectivity index (χ3v) is 5.47. The second-order valence-electron chi connectivity index (χ2n) is 5.09. The van der Waals surface area contributed by atoms with Gasteiger partial charge in [-0.2, -0.15) is 0 Å². The third-order valence-electron chi connectivity index (χ3n) is 3.37. The summed E-state index contributed by atoms with van der Waals surface area (Å²) in [6.07, 6.45) is 0. The number of aromatic amines is 1. The quantitative estimate of drug-likeness (QED) is 0.599. The summed E-state index contributed by atoms with van der Waals surface area (Å²) in [7, 11) is -1.09. The first-order valence-corrected chi connectivity index (χ1v) is 9.43. The summed E-state index contributed by atoms with van der Waals surface area (Å²) >= 11 is 1.59. The summed E-state index contributed by atoms with van der Waals surface area (Å²) in [6.45, 7) is 0. The fraction of sp³-hybridized carbons (Fsp3) is 0.125. The van der Waals surface area contributed by atoms with Gasteiger partial charge in [0, 0.05) is 16.9 Å². The van der Waals surface area contributed by atoms with Gasteiger partial charge in [0.15, 0.2) is 5.76 Å². The minimum absolute atomic E-state index is 0.353. The van der Waals surface area contributed by atoms with Crippen LogP contribution >= 0.6 is 11.3 Å². The van der Waals surface area contributed by atoms with Crippen molar-refractivity contribution in [1.82, 2.24) is 15.1 Å². The fourth-order valence-electron chi connectivity index (χ4n) is 2.36. The molecule has 7 heteroatoms. The SMILES string of the molecule is O=S(Cc1cc(-c2cccs2)on1)Cc1nc2ccccc2[nH]1. The van der Waals surface area contributed by atoms with Gasteiger partial charge in [-0.15, -0.1) is 11.3 Å². The minimum atomic E-state index is -1.09. The molecule has 0 aliphatic rings. The van der Waals surface area contributed by atoms with E-state index in [1.54, 1.807) is 11.3 Å². The summed E-state index contributed by atoms with van der Waals surface area (Å²) in [5.74, 6) is 2.17. The monoisotopic (exact) mass is 343 g/mol. The van der Waals surface area contributed by atoms with Gasteiger partial charge < -0.3 is 9.51 Å². The number of rotatable bonds is 5. The second kappa shape index (κ2) is 6.10. The number of fused-ring (bicyclic) bond motifs is 1. The van der Waals surface area contributed by atoms with E-state index in [0.717, 1.165) is 27.5 Å². The summed E-state index contributed by atoms with van der Waals surface area (Å²) in [5, 5.41) is 5.99. The summed E-state index contributed by atoms with van der Waals surface area (Å²) in [4.78, 5) is 8.66. The Labute approximate surface area is 138 Å². The zero-order valence-corrected chi connectivity index (χ0v) is 13.7. The lowest BCUT2D eigenvalue weighted by molar-refractivity contribution is 0.427. The van der Waals surface area contributed by atoms with Crippen LogP contribution in [-0.4, -0.2) is 19.3 Å². The van der Waals surface area contributed by atoms with Crippen LogP contribution in [0.5, 0.6) is 0 Å². The summed E-state index contributed by atoms with van der Waals surface area (Å²) in [6, 6.07) is 13.6. The van der Waals surface area contributed by atoms with Crippen LogP contribution in [0.2, 0.25) is 0 Å². The van der Waals surface area contributed by atoms with E-state index in [4.69, 9.17) is 4.52 Å². The molecule has 1 atom stereocenters. The van der Waals surface area contributed by atoms with E-state index in [1.165, 1.54) is 0 Å². The number of nitrogens with zero attached hydrogens (tertiary/aromatic N) is 2. The molecule has 0 bridgehead atoms. The molecule has 4 rings (SSSR count). The summed E-state index contributed by atoms with van der Waals surface area (Å²) < 4.78 is 17.6. The highest BCUT2D eigenvalue weighted by atomic mass is 32.2. The van der Waals surface area contributed by atoms with E-state index >= 15 is 0 Å². The van der Waals surface area contributed by atoms with E-state index in [-0.39, 0.29) is 0 Å². The molecule has 3 aromatic heterocycles. The first-order valence-electron chi connectivity index (χ1n) is 7.06. The van der Waals surface area contributed by atoms with E-state index in [9.17, 15) is 4.21 Å². The van der Waals surface area contributed by atoms with Gasteiger partial charge in [0.05, 0.1) is 33.1 Å². The van der Waals surface area contributed by atoms with Crippen molar-refractivity contribution in [3.63, 3.8) is 0 Å². The molecule has 0 aliphatic carbocycles. The number of para-hydroxylation sites is 2. The van der Waals surface area contributed by atoms with Crippen molar-refractivity contribution in [3.05, 3.63) is 59.4 Å². The van der Waals surface area contributed by atoms with Crippen molar-refractivity contribution in [2.45, 2.75) is 11.5 Å². The van der Waals surface area contributed by atoms with Gasteiger partial charge in [0.2, 0.25) is 0 Å². The van der Waals surface area contributed by atoms with E-state index < -0.39 is 10.8 Å². The molecule has 1 unspecified atom stereocenters. The first-order chi connectivity index (χ1) is 11.3. The average Bonchev–Trinajstić information content (AvgIpc) is 3.26. The van der Waals surface area contributed by atoms with Crippen LogP contribution in [-0.2, 0) is 22.3 Å². The molecule has 0 fully saturated rings. The molecule has 23 heavy (non-hydrogen) atoms. The Morgan fingerprint density at radius 1 is 1.17 bits per heavy atom. The number of aromatic nitrogens is 3. The Bertz CT molecular complexity index is 924. The molecule has 0 saturated carbocycles. The van der Waals surface area contributed by atoms with Crippen molar-refractivity contribution in [1.29, 1.82) is 0 Å². The van der Waals surface area contributed by atoms with E-state index in [1.807, 2.05) is 47.8 Å². The molecule has 0 amide bonds. The molecule has 5 nitrogen and oxygen atoms in total. The predicted molar refractivity (Wildman–Crippen MR) is 91.5 cm³/mol. The molecule has 1 aromatic carbocycles. The van der Waals surface area contributed by atoms with Crippen LogP contribution in [0.4, 0.5) is 0 Å². The minimum Gasteiger partial charge on any atom is -0.355 e. The first kappa shape index (κ1) is 14.3. The number of nitrogens with one attached hydrogen (secondary N) is 1. The maximum atomic E-state index is 12.3. The van der Waals surface area contributed by atoms with Gasteiger partial charge in [0.25, 0.3) is 0 Å². The lowest BCUT2D eigenvalue weighted by atomic mass is 10.3. The topological polar surface area (TPSA) is 71.8 Å². The van der Waals surface area contributed by atoms with Gasteiger partial charge in [-0.3, -0.25) is 4.21 Å². The lowest BCUT2D eigenvalue weighted by Crippen LogP contribution is -2.01. The van der Waals surface area contributed by atoms with Crippen molar-refractivity contribution in [3.8, 4) is 10.6 Å². The number of benzene rings is 1. The highest BCUT2D eigenvalue weighted by Crippen LogP contribution is 2.25. The molecule has 0 spiro atoms. The van der Waals surface area contributed by atoms with Crippen molar-refractivity contribution in [2.75, 3.05) is 0 Å². The van der Waals surface area contributed by atoms with Gasteiger partial charge in [-0.25, -0.2) is 4.98 Å². The van der Waals surface area contributed by atoms with E-state index in [0.29, 0.717) is 17.2 Å². The normalized spacial score (nSPS) is 12.7. The summed E-state index contributed by atoms with van der Waals surface area (Å²) in [5.41, 5.74) is 2.55. The Hall–Kier alpha value is -2.25. The molecular formula is C16H13N3O2S2. The zero-order chi connectivity index (χ0) is 15.6. The Morgan fingerprint density at radius 2 is 2.09 bits per heavy atom. The van der Waals surface area contributed by atoms with Gasteiger partial charge in [-0.1, -0.05) is 23.4 Å². The highest BCUT2D eigenvalue weighted by Gasteiger charge is 2.12. The maximum absolute atomic E-state index is 12.3. The zero-order valence-electron chi connectivity index (χ0n) is 12.1. The van der Waals surface area contributed by atoms with Crippen molar-refractivity contribution < 1.29 is 8.73 Å². The third kappa shape index (κ3) is 3.11. The predicted octanol–water partition coefficient (Wildman–Crippen LogP) is 3.73. The number of thiophene rings is 1. The average molecular weight is 343 g/mol. The standard InChI is InChI=1S/C16H13N3O2S2/c20-23(10-16-17-12-4-1-2-5-13(12)18-16)9-11-8-14(21-19-11)15-6-3-7-22-15/h1-8H,9-10H2,(H,17,18). The molecule has 116 valence electrons. The van der Waals surface area contributed by atoms with Crippen LogP contribution < -0.4 is 0 Å². The number of hydrogen-bond acceptors (Lipinski definition) is 5. The number of H-pyrrole nitrogens is 1. The van der Waals surface area contributed by atoms with Gasteiger partial charge in [-0.05, 0) is 23.6 Å². The molecule has 4 aromatic rings. The van der Waals surface area contributed by atoms with E-state index in [2.05, 4.69) is 15.1 Å². The van der Waals surface area contributed by atoms with Crippen LogP contribution in [0.25, 0.3) is 21.7 Å². The fourth-order valence-corrected chi connectivity index (χ4v) is 4.04. The molecular weight excluding hydrogens is 330 g/mol. The number of hydrogen-bond donors (Lipinski definition) is 1. The van der Waals surface area contributed by atoms with Gasteiger partial charge in [0.1, 0.15) is 5.82 Å². The largest absolute Gasteiger partial charge is 0.355 e. The Kier molecular flexibility index (Phi) is 3.80. The van der Waals surface area contributed by atoms with Crippen LogP contribution in [0.3, 0.4) is 0 Å². The van der Waals surface area contributed by atoms with Crippen molar-refractivity contribution >= 4 is 33.2 Å². The van der Waals surface area contributed by atoms with Crippen LogP contribution in [0.15, 0.2) is 52.4 Å². The maximum Gasteiger partial charge on any atom is 0.177 e. The highest BCUT2D eigenvalue weighted by molar-refractivity contribution is 7.83. The molecule has 0 radical (unpaired) electrons. The van der Waals surface area contributed by atoms with Crippen molar-refractivity contribution in [2.24, 2.45) is 0 Å². The second-order valence-corrected chi connectivity index (χ2v) is 7.49. The van der Waals surface area contributed by atoms with Crippen LogP contribution in [0, 0.1) is 0 Å². The van der Waals surface area contributed by atoms with Crippen LogP contribution in [0.1, 0.15) is 11.5 Å². The molecule has 3 heterocycles. The number of imidazole rings is 1. The Balaban J connectivity index is 1.45. The Morgan fingerprint density at radius 3 is 2.91 bits per heavy atom.